The molecular formula is C30H66O8P2. The molecule has 0 amide bonds. The van der Waals surface area contributed by atoms with E-state index in [1.165, 1.54) is 109 Å². The second-order valence-electron chi connectivity index (χ2n) is 10.9. The van der Waals surface area contributed by atoms with E-state index in [9.17, 15) is 14.0 Å². The first-order valence-electron chi connectivity index (χ1n) is 16.5. The van der Waals surface area contributed by atoms with E-state index in [2.05, 4.69) is 25.3 Å². The van der Waals surface area contributed by atoms with Crippen molar-refractivity contribution in [3.8, 4) is 0 Å². The van der Waals surface area contributed by atoms with Crippen LogP contribution in [0.5, 0.6) is 0 Å². The third-order valence-electron chi connectivity index (χ3n) is 6.76. The van der Waals surface area contributed by atoms with Crippen LogP contribution in [-0.4, -0.2) is 34.5 Å². The maximum Gasteiger partial charge on any atom is 0.472 e. The zero-order valence-electron chi connectivity index (χ0n) is 26.4. The van der Waals surface area contributed by atoms with Crippen molar-refractivity contribution in [1.29, 1.82) is 0 Å². The van der Waals surface area contributed by atoms with Crippen molar-refractivity contribution in [2.24, 2.45) is 0 Å². The number of rotatable bonds is 30. The smallest absolute Gasteiger partial charge is 0.303 e. The van der Waals surface area contributed by atoms with Crippen LogP contribution in [0.4, 0.5) is 0 Å². The fourth-order valence-corrected chi connectivity index (χ4v) is 5.45. The lowest BCUT2D eigenvalue weighted by atomic mass is 10.1. The first-order chi connectivity index (χ1) is 19.2. The summed E-state index contributed by atoms with van der Waals surface area (Å²) >= 11 is 0. The van der Waals surface area contributed by atoms with E-state index in [0.717, 1.165) is 44.9 Å². The maximum atomic E-state index is 11.7. The second-order valence-corrected chi connectivity index (χ2v) is 13.6. The van der Waals surface area contributed by atoms with Gasteiger partial charge in [-0.05, 0) is 19.3 Å². The Morgan fingerprint density at radius 3 is 0.850 bits per heavy atom. The van der Waals surface area contributed by atoms with Gasteiger partial charge in [0.1, 0.15) is 0 Å². The Balaban J connectivity index is 0. The molecular weight excluding hydrogens is 550 g/mol. The highest BCUT2D eigenvalue weighted by molar-refractivity contribution is 7.47. The van der Waals surface area contributed by atoms with Crippen LogP contribution < -0.4 is 0 Å². The molecule has 0 aromatic rings. The van der Waals surface area contributed by atoms with Gasteiger partial charge >= 0.3 is 15.6 Å². The van der Waals surface area contributed by atoms with E-state index in [-0.39, 0.29) is 6.61 Å². The molecule has 0 aromatic heterocycles. The minimum atomic E-state index is -4.24. The van der Waals surface area contributed by atoms with Crippen LogP contribution in [0.1, 0.15) is 175 Å². The average molecular weight is 617 g/mol. The lowest BCUT2D eigenvalue weighted by Gasteiger charge is -2.12. The van der Waals surface area contributed by atoms with Gasteiger partial charge in [0, 0.05) is 0 Å². The number of hydrogen-bond donors (Lipinski definition) is 3. The van der Waals surface area contributed by atoms with Crippen molar-refractivity contribution in [2.75, 3.05) is 19.8 Å². The predicted molar refractivity (Wildman–Crippen MR) is 168 cm³/mol. The van der Waals surface area contributed by atoms with Crippen molar-refractivity contribution < 1.29 is 37.4 Å². The van der Waals surface area contributed by atoms with E-state index in [1.807, 2.05) is 0 Å². The molecule has 0 aliphatic heterocycles. The topological polar surface area (TPSA) is 123 Å². The van der Waals surface area contributed by atoms with E-state index in [1.54, 1.807) is 0 Å². The van der Waals surface area contributed by atoms with Gasteiger partial charge in [0.2, 0.25) is 0 Å². The molecule has 0 aliphatic rings. The summed E-state index contributed by atoms with van der Waals surface area (Å²) in [6.07, 6.45) is 28.3. The molecule has 0 heterocycles. The van der Waals surface area contributed by atoms with Gasteiger partial charge in [-0.2, -0.15) is 0 Å². The van der Waals surface area contributed by atoms with Crippen molar-refractivity contribution >= 4 is 15.6 Å². The Bertz CT molecular complexity index is 560. The molecule has 0 saturated heterocycles. The molecule has 3 N–H and O–H groups in total. The number of hydrogen-bond acceptors (Lipinski definition) is 5. The molecule has 0 atom stereocenters. The van der Waals surface area contributed by atoms with Crippen LogP contribution in [-0.2, 0) is 22.7 Å². The van der Waals surface area contributed by atoms with Crippen LogP contribution in [0, 0.1) is 0 Å². The van der Waals surface area contributed by atoms with E-state index >= 15 is 0 Å². The van der Waals surface area contributed by atoms with Gasteiger partial charge in [-0.25, -0.2) is 9.13 Å². The highest BCUT2D eigenvalue weighted by Gasteiger charge is 2.19. The van der Waals surface area contributed by atoms with E-state index < -0.39 is 15.6 Å². The molecule has 0 radical (unpaired) electrons. The highest BCUT2D eigenvalue weighted by Crippen LogP contribution is 2.43. The molecule has 40 heavy (non-hydrogen) atoms. The van der Waals surface area contributed by atoms with Crippen LogP contribution in [0.25, 0.3) is 0 Å². The van der Waals surface area contributed by atoms with Gasteiger partial charge < -0.3 is 14.7 Å². The molecule has 244 valence electrons. The van der Waals surface area contributed by atoms with Crippen molar-refractivity contribution in [3.63, 3.8) is 0 Å². The highest BCUT2D eigenvalue weighted by atomic mass is 31.2. The quantitative estimate of drug-likeness (QED) is 0.0538. The lowest BCUT2D eigenvalue weighted by molar-refractivity contribution is 0.145. The molecule has 0 aliphatic carbocycles. The van der Waals surface area contributed by atoms with Gasteiger partial charge in [-0.15, -0.1) is 0 Å². The van der Waals surface area contributed by atoms with E-state index in [0.29, 0.717) is 13.2 Å². The number of phosphoric ester groups is 2. The Labute approximate surface area is 247 Å². The monoisotopic (exact) mass is 616 g/mol. The molecule has 0 bridgehead atoms. The molecule has 0 saturated carbocycles. The molecule has 8 nitrogen and oxygen atoms in total. The summed E-state index contributed by atoms with van der Waals surface area (Å²) in [5.41, 5.74) is 0. The van der Waals surface area contributed by atoms with Gasteiger partial charge in [0.05, 0.1) is 19.8 Å². The minimum Gasteiger partial charge on any atom is -0.303 e. The summed E-state index contributed by atoms with van der Waals surface area (Å²) < 4.78 is 36.5. The SMILES string of the molecule is CCCCCCCCCCOP(=O)(O)O.CCCCCCCCCCOP(=O)(O)OCCCCCCCCCC. The van der Waals surface area contributed by atoms with Crippen LogP contribution in [0.3, 0.4) is 0 Å². The summed E-state index contributed by atoms with van der Waals surface area (Å²) in [4.78, 5) is 26.4. The number of phosphoric acid groups is 2. The fourth-order valence-electron chi connectivity index (χ4n) is 4.29. The molecule has 0 rings (SSSR count). The second kappa shape index (κ2) is 32.1. The molecule has 10 heteroatoms. The van der Waals surface area contributed by atoms with Crippen LogP contribution >= 0.6 is 15.6 Å². The summed E-state index contributed by atoms with van der Waals surface area (Å²) in [7, 11) is -8.07. The normalized spacial score (nSPS) is 11.9. The average Bonchev–Trinajstić information content (AvgIpc) is 2.90. The summed E-state index contributed by atoms with van der Waals surface area (Å²) in [5.74, 6) is 0. The van der Waals surface area contributed by atoms with Crippen molar-refractivity contribution in [1.82, 2.24) is 0 Å². The number of unbranched alkanes of at least 4 members (excludes halogenated alkanes) is 21. The summed E-state index contributed by atoms with van der Waals surface area (Å²) in [6, 6.07) is 0. The van der Waals surface area contributed by atoms with Crippen molar-refractivity contribution in [3.05, 3.63) is 0 Å². The van der Waals surface area contributed by atoms with Crippen molar-refractivity contribution in [2.45, 2.75) is 175 Å². The van der Waals surface area contributed by atoms with Gasteiger partial charge in [0.25, 0.3) is 0 Å². The van der Waals surface area contributed by atoms with Crippen LogP contribution in [0.15, 0.2) is 0 Å². The Kier molecular flexibility index (Phi) is 34.0. The van der Waals surface area contributed by atoms with Gasteiger partial charge in [-0.3, -0.25) is 13.6 Å². The zero-order chi connectivity index (χ0) is 30.2. The minimum absolute atomic E-state index is 0.166. The largest absolute Gasteiger partial charge is 0.472 e. The molecule has 0 aromatic carbocycles. The molecule has 0 spiro atoms. The zero-order valence-corrected chi connectivity index (χ0v) is 28.2. The predicted octanol–water partition coefficient (Wildman–Crippen LogP) is 10.6. The first kappa shape index (κ1) is 42.4. The third-order valence-corrected chi connectivity index (χ3v) is 8.30. The fraction of sp³-hybridized carbons (Fsp3) is 1.00. The Morgan fingerprint density at radius 1 is 0.375 bits per heavy atom. The van der Waals surface area contributed by atoms with Crippen LogP contribution in [0.2, 0.25) is 0 Å². The summed E-state index contributed by atoms with van der Waals surface area (Å²) in [6.45, 7) is 7.45. The van der Waals surface area contributed by atoms with Gasteiger partial charge in [0.15, 0.2) is 0 Å². The molecule has 0 unspecified atom stereocenters. The van der Waals surface area contributed by atoms with E-state index in [4.69, 9.17) is 18.8 Å². The first-order valence-corrected chi connectivity index (χ1v) is 19.5. The summed E-state index contributed by atoms with van der Waals surface area (Å²) in [5, 5.41) is 0. The Morgan fingerprint density at radius 2 is 0.600 bits per heavy atom. The lowest BCUT2D eigenvalue weighted by Crippen LogP contribution is -1.99. The maximum absolute atomic E-state index is 11.7. The standard InChI is InChI=1S/C20H43O4P.C10H23O4P/c1-3-5-7-9-11-13-15-17-19-23-25(21,22)24-20-18-16-14-12-10-8-6-4-2;1-2-3-4-5-6-7-8-9-10-14-15(11,12)13/h3-20H2,1-2H3,(H,21,22);2-10H2,1H3,(H2,11,12,13). The molecule has 0 fully saturated rings. The third kappa shape index (κ3) is 40.4. The van der Waals surface area contributed by atoms with Gasteiger partial charge in [-0.1, -0.05) is 156 Å². The Hall–Kier alpha value is 0.220.